The number of halogens is 1. The Kier molecular flexibility index (Phi) is 10.3. The molecule has 0 heterocycles. The molecule has 0 saturated carbocycles. The summed E-state index contributed by atoms with van der Waals surface area (Å²) in [6.07, 6.45) is 1.04. The summed E-state index contributed by atoms with van der Waals surface area (Å²) >= 11 is 5.90. The molecule has 0 aliphatic rings. The van der Waals surface area contributed by atoms with Crippen molar-refractivity contribution in [2.24, 2.45) is 0 Å². The number of hydrogen-bond acceptors (Lipinski definition) is 4. The fourth-order valence-corrected chi connectivity index (χ4v) is 5.10. The molecule has 9 heteroatoms. The molecule has 0 saturated heterocycles. The van der Waals surface area contributed by atoms with Gasteiger partial charge in [0.15, 0.2) is 0 Å². The normalized spacial score (nSPS) is 12.2. The maximum Gasteiger partial charge on any atom is 0.243 e. The van der Waals surface area contributed by atoms with Crippen molar-refractivity contribution in [2.75, 3.05) is 20.1 Å². The summed E-state index contributed by atoms with van der Waals surface area (Å²) in [4.78, 5) is 28.6. The van der Waals surface area contributed by atoms with Crippen molar-refractivity contribution < 1.29 is 18.0 Å². The molecule has 1 atom stereocenters. The van der Waals surface area contributed by atoms with Crippen LogP contribution in [0.15, 0.2) is 89.8 Å². The van der Waals surface area contributed by atoms with E-state index in [0.717, 1.165) is 21.9 Å². The predicted molar refractivity (Wildman–Crippen MR) is 145 cm³/mol. The molecular weight excluding hydrogens is 510 g/mol. The van der Waals surface area contributed by atoms with E-state index < -0.39 is 28.5 Å². The molecule has 0 aliphatic heterocycles. The Morgan fingerprint density at radius 3 is 2.03 bits per heavy atom. The van der Waals surface area contributed by atoms with Crippen LogP contribution < -0.4 is 5.32 Å². The number of hydrogen-bond donors (Lipinski definition) is 1. The van der Waals surface area contributed by atoms with Gasteiger partial charge in [-0.15, -0.1) is 0 Å². The van der Waals surface area contributed by atoms with Crippen molar-refractivity contribution in [3.63, 3.8) is 0 Å². The minimum absolute atomic E-state index is 0.0309. The van der Waals surface area contributed by atoms with Gasteiger partial charge < -0.3 is 10.2 Å². The molecule has 0 fully saturated rings. The molecule has 2 amide bonds. The number of benzene rings is 3. The van der Waals surface area contributed by atoms with Crippen LogP contribution in [0.5, 0.6) is 0 Å². The third-order valence-corrected chi connectivity index (χ3v) is 7.97. The number of rotatable bonds is 12. The summed E-state index contributed by atoms with van der Waals surface area (Å²) in [5.41, 5.74) is 1.73. The molecule has 0 aromatic heterocycles. The number of likely N-dealkylation sites (N-methyl/N-ethyl adjacent to an activating group) is 1. The van der Waals surface area contributed by atoms with Gasteiger partial charge in [-0.05, 0) is 41.8 Å². The Morgan fingerprint density at radius 1 is 0.892 bits per heavy atom. The average molecular weight is 542 g/mol. The van der Waals surface area contributed by atoms with E-state index in [9.17, 15) is 18.0 Å². The van der Waals surface area contributed by atoms with Gasteiger partial charge in [-0.2, -0.15) is 4.31 Å². The lowest BCUT2D eigenvalue weighted by Crippen LogP contribution is -2.53. The van der Waals surface area contributed by atoms with Gasteiger partial charge >= 0.3 is 0 Å². The minimum atomic E-state index is -3.95. The van der Waals surface area contributed by atoms with E-state index in [0.29, 0.717) is 18.0 Å². The van der Waals surface area contributed by atoms with E-state index in [4.69, 9.17) is 11.6 Å². The third kappa shape index (κ3) is 7.89. The first-order valence-corrected chi connectivity index (χ1v) is 13.9. The second kappa shape index (κ2) is 13.4. The lowest BCUT2D eigenvalue weighted by molar-refractivity contribution is -0.141. The Labute approximate surface area is 224 Å². The zero-order valence-corrected chi connectivity index (χ0v) is 22.6. The summed E-state index contributed by atoms with van der Waals surface area (Å²) in [6.45, 7) is 2.16. The molecule has 3 aromatic rings. The van der Waals surface area contributed by atoms with Crippen LogP contribution in [0.2, 0.25) is 5.02 Å². The molecule has 7 nitrogen and oxygen atoms in total. The maximum atomic E-state index is 13.7. The Hall–Kier alpha value is -3.20. The van der Waals surface area contributed by atoms with Crippen LogP contribution in [0, 0.1) is 0 Å². The van der Waals surface area contributed by atoms with Crippen molar-refractivity contribution >= 4 is 33.4 Å². The Balaban J connectivity index is 1.93. The lowest BCUT2D eigenvalue weighted by Gasteiger charge is -2.32. The van der Waals surface area contributed by atoms with E-state index in [1.807, 2.05) is 67.6 Å². The van der Waals surface area contributed by atoms with Crippen molar-refractivity contribution in [1.29, 1.82) is 0 Å². The summed E-state index contributed by atoms with van der Waals surface area (Å²) in [5, 5.41) is 3.32. The lowest BCUT2D eigenvalue weighted by atomic mass is 10.0. The molecule has 3 aromatic carbocycles. The number of carbonyl (C=O) groups is 2. The highest BCUT2D eigenvalue weighted by molar-refractivity contribution is 7.89. The van der Waals surface area contributed by atoms with Gasteiger partial charge in [-0.1, -0.05) is 79.2 Å². The van der Waals surface area contributed by atoms with Gasteiger partial charge in [-0.25, -0.2) is 8.42 Å². The topological polar surface area (TPSA) is 86.8 Å². The zero-order chi connectivity index (χ0) is 26.8. The molecule has 196 valence electrons. The van der Waals surface area contributed by atoms with Crippen molar-refractivity contribution in [3.8, 4) is 0 Å². The Bertz CT molecular complexity index is 1270. The standard InChI is InChI=1S/C28H32ClN3O4S/c1-3-18-30-28(34)26(19-22-10-6-4-7-11-22)32(20-23-12-8-5-9-13-23)27(33)21-31(2)37(35,36)25-16-14-24(29)15-17-25/h4-17,26H,3,18-21H2,1-2H3,(H,30,34). The van der Waals surface area contributed by atoms with Gasteiger partial charge in [0.05, 0.1) is 11.4 Å². The first-order chi connectivity index (χ1) is 17.7. The third-order valence-electron chi connectivity index (χ3n) is 5.90. The van der Waals surface area contributed by atoms with Crippen molar-refractivity contribution in [2.45, 2.75) is 37.2 Å². The fraction of sp³-hybridized carbons (Fsp3) is 0.286. The van der Waals surface area contributed by atoms with E-state index >= 15 is 0 Å². The van der Waals surface area contributed by atoms with Gasteiger partial charge in [0.2, 0.25) is 21.8 Å². The van der Waals surface area contributed by atoms with Crippen LogP contribution in [0.1, 0.15) is 24.5 Å². The zero-order valence-electron chi connectivity index (χ0n) is 21.0. The van der Waals surface area contributed by atoms with E-state index in [2.05, 4.69) is 5.32 Å². The van der Waals surface area contributed by atoms with Crippen molar-refractivity contribution in [1.82, 2.24) is 14.5 Å². The molecule has 0 bridgehead atoms. The van der Waals surface area contributed by atoms with Crippen LogP contribution in [0.3, 0.4) is 0 Å². The maximum absolute atomic E-state index is 13.7. The number of nitrogens with one attached hydrogen (secondary N) is 1. The second-order valence-corrected chi connectivity index (χ2v) is 11.2. The quantitative estimate of drug-likeness (QED) is 0.373. The first-order valence-electron chi connectivity index (χ1n) is 12.1. The Morgan fingerprint density at radius 2 is 1.46 bits per heavy atom. The van der Waals surface area contributed by atoms with E-state index in [-0.39, 0.29) is 17.3 Å². The molecule has 1 unspecified atom stereocenters. The van der Waals surface area contributed by atoms with E-state index in [1.165, 1.54) is 36.2 Å². The van der Waals surface area contributed by atoms with Crippen molar-refractivity contribution in [3.05, 3.63) is 101 Å². The van der Waals surface area contributed by atoms with Gasteiger partial charge in [0.25, 0.3) is 0 Å². The number of amides is 2. The van der Waals surface area contributed by atoms with Crippen LogP contribution in [0.4, 0.5) is 0 Å². The molecule has 1 N–H and O–H groups in total. The highest BCUT2D eigenvalue weighted by atomic mass is 35.5. The van der Waals surface area contributed by atoms with Gasteiger partial charge in [0.1, 0.15) is 6.04 Å². The molecule has 0 aliphatic carbocycles. The number of carbonyl (C=O) groups excluding carboxylic acids is 2. The molecule has 3 rings (SSSR count). The van der Waals surface area contributed by atoms with Crippen LogP contribution in [0.25, 0.3) is 0 Å². The largest absolute Gasteiger partial charge is 0.354 e. The fourth-order valence-electron chi connectivity index (χ4n) is 3.85. The molecule has 0 radical (unpaired) electrons. The van der Waals surface area contributed by atoms with Gasteiger partial charge in [0, 0.05) is 31.6 Å². The van der Waals surface area contributed by atoms with Crippen LogP contribution >= 0.6 is 11.6 Å². The van der Waals surface area contributed by atoms with E-state index in [1.54, 1.807) is 0 Å². The first kappa shape index (κ1) is 28.4. The summed E-state index contributed by atoms with van der Waals surface area (Å²) in [6, 6.07) is 23.7. The number of sulfonamides is 1. The molecular formula is C28H32ClN3O4S. The summed E-state index contributed by atoms with van der Waals surface area (Å²) in [5.74, 6) is -0.755. The SMILES string of the molecule is CCCNC(=O)C(Cc1ccccc1)N(Cc1ccccc1)C(=O)CN(C)S(=O)(=O)c1ccc(Cl)cc1. The number of nitrogens with zero attached hydrogens (tertiary/aromatic N) is 2. The highest BCUT2D eigenvalue weighted by Gasteiger charge is 2.32. The summed E-state index contributed by atoms with van der Waals surface area (Å²) in [7, 11) is -2.60. The van der Waals surface area contributed by atoms with Crippen LogP contribution in [-0.2, 0) is 32.6 Å². The smallest absolute Gasteiger partial charge is 0.243 e. The second-order valence-electron chi connectivity index (χ2n) is 8.72. The van der Waals surface area contributed by atoms with Crippen LogP contribution in [-0.4, -0.2) is 55.6 Å². The minimum Gasteiger partial charge on any atom is -0.354 e. The average Bonchev–Trinajstić information content (AvgIpc) is 2.90. The predicted octanol–water partition coefficient (Wildman–Crippen LogP) is 4.13. The monoisotopic (exact) mass is 541 g/mol. The highest BCUT2D eigenvalue weighted by Crippen LogP contribution is 2.19. The molecule has 37 heavy (non-hydrogen) atoms. The molecule has 0 spiro atoms. The summed E-state index contributed by atoms with van der Waals surface area (Å²) < 4.78 is 27.3. The van der Waals surface area contributed by atoms with Gasteiger partial charge in [-0.3, -0.25) is 9.59 Å².